The minimum absolute atomic E-state index is 0.674. The largest absolute Gasteiger partial charge is 0.501 e. The predicted molar refractivity (Wildman–Crippen MR) is 93.0 cm³/mol. The Bertz CT molecular complexity index is 462. The standard InChI is InChI=1S/C9H15NO.C7H10BrNO2/c1-7-8(10-2)5-4-6-9(7)11-3;1-11-6-4-2-3-5(9-10)7(6)8/h4-6H2,1-3H3;10H,2-4H2,1H3/b;9-5-. The molecule has 2 aliphatic carbocycles. The molecule has 0 aliphatic heterocycles. The molecule has 0 fully saturated rings. The number of allylic oxidation sites excluding steroid dienone is 4. The smallest absolute Gasteiger partial charge is 0.112 e. The zero-order valence-corrected chi connectivity index (χ0v) is 15.4. The molecule has 0 heterocycles. The van der Waals surface area contributed by atoms with Gasteiger partial charge < -0.3 is 14.7 Å². The second kappa shape index (κ2) is 9.66. The average molecular weight is 373 g/mol. The predicted octanol–water partition coefficient (Wildman–Crippen LogP) is 4.41. The first-order valence-electron chi connectivity index (χ1n) is 7.42. The highest BCUT2D eigenvalue weighted by Gasteiger charge is 2.17. The molecule has 0 saturated carbocycles. The van der Waals surface area contributed by atoms with Crippen LogP contribution in [0.15, 0.2) is 31.7 Å². The topological polar surface area (TPSA) is 63.4 Å². The van der Waals surface area contributed by atoms with Gasteiger partial charge in [-0.3, -0.25) is 4.99 Å². The first-order chi connectivity index (χ1) is 10.6. The molecule has 0 unspecified atom stereocenters. The van der Waals surface area contributed by atoms with Gasteiger partial charge in [-0.25, -0.2) is 0 Å². The van der Waals surface area contributed by atoms with Crippen LogP contribution in [0, 0.1) is 0 Å². The van der Waals surface area contributed by atoms with Crippen LogP contribution in [0.3, 0.4) is 0 Å². The number of halogens is 1. The van der Waals surface area contributed by atoms with Crippen molar-refractivity contribution in [2.24, 2.45) is 10.1 Å². The molecular weight excluding hydrogens is 348 g/mol. The van der Waals surface area contributed by atoms with Crippen molar-refractivity contribution < 1.29 is 14.7 Å². The van der Waals surface area contributed by atoms with Crippen molar-refractivity contribution in [2.45, 2.75) is 45.4 Å². The van der Waals surface area contributed by atoms with Crippen molar-refractivity contribution in [1.29, 1.82) is 0 Å². The van der Waals surface area contributed by atoms with E-state index in [0.29, 0.717) is 5.71 Å². The molecule has 0 aromatic rings. The number of nitrogens with zero attached hydrogens (tertiary/aromatic N) is 2. The van der Waals surface area contributed by atoms with Gasteiger partial charge in [-0.05, 0) is 48.5 Å². The first kappa shape index (κ1) is 18.7. The monoisotopic (exact) mass is 372 g/mol. The lowest BCUT2D eigenvalue weighted by molar-refractivity contribution is 0.270. The van der Waals surface area contributed by atoms with Crippen LogP contribution in [0.4, 0.5) is 0 Å². The normalized spacial score (nSPS) is 22.6. The summed E-state index contributed by atoms with van der Waals surface area (Å²) < 4.78 is 11.1. The van der Waals surface area contributed by atoms with Crippen molar-refractivity contribution in [3.63, 3.8) is 0 Å². The van der Waals surface area contributed by atoms with Gasteiger partial charge in [0.15, 0.2) is 0 Å². The summed E-state index contributed by atoms with van der Waals surface area (Å²) in [7, 11) is 5.20. The number of ether oxygens (including phenoxy) is 2. The molecule has 0 bridgehead atoms. The molecule has 0 radical (unpaired) electrons. The Kier molecular flexibility index (Phi) is 8.24. The van der Waals surface area contributed by atoms with Gasteiger partial charge in [0.25, 0.3) is 0 Å². The number of hydrogen-bond donors (Lipinski definition) is 1. The van der Waals surface area contributed by atoms with E-state index in [4.69, 9.17) is 14.7 Å². The summed E-state index contributed by atoms with van der Waals surface area (Å²) >= 11 is 3.31. The molecule has 0 atom stereocenters. The molecule has 2 rings (SSSR count). The van der Waals surface area contributed by atoms with Crippen LogP contribution in [-0.4, -0.2) is 37.9 Å². The van der Waals surface area contributed by atoms with Crippen LogP contribution in [0.5, 0.6) is 0 Å². The Hall–Kier alpha value is -1.30. The van der Waals surface area contributed by atoms with Gasteiger partial charge >= 0.3 is 0 Å². The van der Waals surface area contributed by atoms with Gasteiger partial charge in [-0.2, -0.15) is 0 Å². The van der Waals surface area contributed by atoms with Crippen LogP contribution in [-0.2, 0) is 9.47 Å². The maximum Gasteiger partial charge on any atom is 0.112 e. The molecule has 0 saturated heterocycles. The fourth-order valence-electron chi connectivity index (χ4n) is 2.57. The summed E-state index contributed by atoms with van der Waals surface area (Å²) in [6, 6.07) is 0. The third-order valence-corrected chi connectivity index (χ3v) is 4.77. The third-order valence-electron chi connectivity index (χ3n) is 3.87. The minimum atomic E-state index is 0.674. The van der Waals surface area contributed by atoms with Crippen molar-refractivity contribution in [2.75, 3.05) is 21.3 Å². The van der Waals surface area contributed by atoms with Crippen molar-refractivity contribution in [1.82, 2.24) is 0 Å². The number of aliphatic imine (C=N–C) groups is 1. The lowest BCUT2D eigenvalue weighted by atomic mass is 9.97. The van der Waals surface area contributed by atoms with Gasteiger partial charge in [0.2, 0.25) is 0 Å². The van der Waals surface area contributed by atoms with Crippen LogP contribution in [0.1, 0.15) is 45.4 Å². The number of methoxy groups -OCH3 is 2. The van der Waals surface area contributed by atoms with Crippen molar-refractivity contribution in [3.05, 3.63) is 21.6 Å². The van der Waals surface area contributed by atoms with Crippen molar-refractivity contribution >= 4 is 27.4 Å². The first-order valence-corrected chi connectivity index (χ1v) is 8.22. The Balaban J connectivity index is 0.000000220. The maximum absolute atomic E-state index is 8.54. The molecule has 22 heavy (non-hydrogen) atoms. The zero-order valence-electron chi connectivity index (χ0n) is 13.8. The quantitative estimate of drug-likeness (QED) is 0.576. The Morgan fingerprint density at radius 2 is 1.50 bits per heavy atom. The number of oxime groups is 1. The van der Waals surface area contributed by atoms with Gasteiger partial charge in [-0.1, -0.05) is 5.16 Å². The fraction of sp³-hybridized carbons (Fsp3) is 0.625. The van der Waals surface area contributed by atoms with E-state index in [0.717, 1.165) is 48.1 Å². The molecule has 124 valence electrons. The van der Waals surface area contributed by atoms with Crippen LogP contribution in [0.25, 0.3) is 0 Å². The second-order valence-corrected chi connectivity index (χ2v) is 5.91. The lowest BCUT2D eigenvalue weighted by Crippen LogP contribution is -2.10. The summed E-state index contributed by atoms with van der Waals surface area (Å²) in [6.07, 6.45) is 6.06. The molecular formula is C16H25BrN2O3. The lowest BCUT2D eigenvalue weighted by Gasteiger charge is -2.17. The second-order valence-electron chi connectivity index (χ2n) is 5.12. The van der Waals surface area contributed by atoms with E-state index in [1.807, 2.05) is 7.05 Å². The molecule has 6 heteroatoms. The molecule has 0 amide bonds. The SMILES string of the molecule is CN=C1CCCC(OC)=C1C.COC1=C(Br)/C(=N\O)CCC1. The van der Waals surface area contributed by atoms with Gasteiger partial charge in [-0.15, -0.1) is 0 Å². The Morgan fingerprint density at radius 1 is 0.955 bits per heavy atom. The van der Waals surface area contributed by atoms with Gasteiger partial charge in [0, 0.05) is 31.2 Å². The van der Waals surface area contributed by atoms with E-state index in [9.17, 15) is 0 Å². The summed E-state index contributed by atoms with van der Waals surface area (Å²) in [5.74, 6) is 1.97. The summed E-state index contributed by atoms with van der Waals surface area (Å²) in [5, 5.41) is 11.7. The van der Waals surface area contributed by atoms with Crippen LogP contribution >= 0.6 is 15.9 Å². The van der Waals surface area contributed by atoms with Crippen LogP contribution in [0.2, 0.25) is 0 Å². The molecule has 2 aliphatic rings. The van der Waals surface area contributed by atoms with Gasteiger partial charge in [0.05, 0.1) is 24.4 Å². The summed E-state index contributed by atoms with van der Waals surface area (Å²) in [6.45, 7) is 2.08. The van der Waals surface area contributed by atoms with E-state index in [1.54, 1.807) is 14.2 Å². The Labute approximate surface area is 140 Å². The van der Waals surface area contributed by atoms with Gasteiger partial charge in [0.1, 0.15) is 11.5 Å². The van der Waals surface area contributed by atoms with E-state index >= 15 is 0 Å². The fourth-order valence-corrected chi connectivity index (χ4v) is 3.21. The highest BCUT2D eigenvalue weighted by molar-refractivity contribution is 9.12. The summed E-state index contributed by atoms with van der Waals surface area (Å²) in [5.41, 5.74) is 3.11. The van der Waals surface area contributed by atoms with Crippen molar-refractivity contribution in [3.8, 4) is 0 Å². The zero-order chi connectivity index (χ0) is 16.5. The van der Waals surface area contributed by atoms with E-state index < -0.39 is 0 Å². The van der Waals surface area contributed by atoms with E-state index in [1.165, 1.54) is 17.7 Å². The number of hydrogen-bond acceptors (Lipinski definition) is 5. The molecule has 0 aromatic heterocycles. The molecule has 0 aromatic carbocycles. The van der Waals surface area contributed by atoms with Crippen LogP contribution < -0.4 is 0 Å². The third kappa shape index (κ3) is 4.87. The van der Waals surface area contributed by atoms with E-state index in [2.05, 4.69) is 33.0 Å². The van der Waals surface area contributed by atoms with E-state index in [-0.39, 0.29) is 0 Å². The number of rotatable bonds is 2. The molecule has 1 N–H and O–H groups in total. The molecule has 0 spiro atoms. The maximum atomic E-state index is 8.54. The highest BCUT2D eigenvalue weighted by Crippen LogP contribution is 2.27. The average Bonchev–Trinajstić information content (AvgIpc) is 2.56. The summed E-state index contributed by atoms with van der Waals surface area (Å²) in [4.78, 5) is 4.21. The minimum Gasteiger partial charge on any atom is -0.501 e. The Morgan fingerprint density at radius 3 is 2.00 bits per heavy atom. The highest BCUT2D eigenvalue weighted by atomic mass is 79.9. The molecule has 5 nitrogen and oxygen atoms in total.